The van der Waals surface area contributed by atoms with Crippen molar-refractivity contribution < 1.29 is 14.3 Å². The van der Waals surface area contributed by atoms with Gasteiger partial charge in [-0.05, 0) is 37.6 Å². The molecule has 0 bridgehead atoms. The molecule has 1 aromatic carbocycles. The molecule has 0 saturated carbocycles. The van der Waals surface area contributed by atoms with Crippen molar-refractivity contribution in [3.63, 3.8) is 0 Å². The van der Waals surface area contributed by atoms with E-state index < -0.39 is 5.91 Å². The van der Waals surface area contributed by atoms with E-state index in [4.69, 9.17) is 10.5 Å². The Labute approximate surface area is 119 Å². The van der Waals surface area contributed by atoms with Gasteiger partial charge in [-0.15, -0.1) is 0 Å². The van der Waals surface area contributed by atoms with Gasteiger partial charge in [-0.2, -0.15) is 0 Å². The molecular weight excluding hydrogens is 256 g/mol. The Bertz CT molecular complexity index is 443. The number of primary amides is 1. The molecule has 0 aromatic heterocycles. The molecule has 110 valence electrons. The van der Waals surface area contributed by atoms with Crippen LogP contribution in [0.15, 0.2) is 24.3 Å². The third-order valence-electron chi connectivity index (χ3n) is 2.84. The van der Waals surface area contributed by atoms with Gasteiger partial charge in [0.25, 0.3) is 0 Å². The number of nitrogens with zero attached hydrogens (tertiary/aromatic N) is 1. The Hall–Kier alpha value is -1.88. The summed E-state index contributed by atoms with van der Waals surface area (Å²) in [6.45, 7) is 5.99. The molecule has 0 aliphatic heterocycles. The van der Waals surface area contributed by atoms with Crippen LogP contribution in [0.3, 0.4) is 0 Å². The molecule has 5 heteroatoms. The minimum Gasteiger partial charge on any atom is -0.465 e. The van der Waals surface area contributed by atoms with Crippen molar-refractivity contribution in [1.29, 1.82) is 0 Å². The molecule has 1 aromatic rings. The number of nitrogens with two attached hydrogens (primary N) is 1. The summed E-state index contributed by atoms with van der Waals surface area (Å²) < 4.78 is 4.97. The van der Waals surface area contributed by atoms with E-state index in [-0.39, 0.29) is 12.5 Å². The maximum absolute atomic E-state index is 11.5. The summed E-state index contributed by atoms with van der Waals surface area (Å²) in [4.78, 5) is 24.6. The zero-order chi connectivity index (χ0) is 15.0. The van der Waals surface area contributed by atoms with Gasteiger partial charge >= 0.3 is 5.97 Å². The maximum Gasteiger partial charge on any atom is 0.320 e. The fraction of sp³-hybridized carbons (Fsp3) is 0.467. The highest BCUT2D eigenvalue weighted by Crippen LogP contribution is 2.08. The molecule has 20 heavy (non-hydrogen) atoms. The van der Waals surface area contributed by atoms with Crippen LogP contribution >= 0.6 is 0 Å². The second kappa shape index (κ2) is 8.32. The Morgan fingerprint density at radius 1 is 1.20 bits per heavy atom. The zero-order valence-electron chi connectivity index (χ0n) is 12.1. The predicted molar refractivity (Wildman–Crippen MR) is 77.2 cm³/mol. The van der Waals surface area contributed by atoms with E-state index in [0.29, 0.717) is 18.7 Å². The van der Waals surface area contributed by atoms with Crippen LogP contribution in [0.1, 0.15) is 36.2 Å². The first-order valence-corrected chi connectivity index (χ1v) is 6.83. The van der Waals surface area contributed by atoms with Crippen LogP contribution in [0.25, 0.3) is 0 Å². The summed E-state index contributed by atoms with van der Waals surface area (Å²) in [5.41, 5.74) is 6.72. The number of carbonyl (C=O) groups is 2. The molecule has 1 rings (SSSR count). The maximum atomic E-state index is 11.5. The average molecular weight is 278 g/mol. The highest BCUT2D eigenvalue weighted by Gasteiger charge is 2.11. The van der Waals surface area contributed by atoms with Crippen LogP contribution in [0, 0.1) is 0 Å². The van der Waals surface area contributed by atoms with Crippen LogP contribution < -0.4 is 5.73 Å². The van der Waals surface area contributed by atoms with Crippen LogP contribution in [-0.2, 0) is 16.1 Å². The molecule has 2 N–H and O–H groups in total. The van der Waals surface area contributed by atoms with Crippen LogP contribution in [-0.4, -0.2) is 36.5 Å². The summed E-state index contributed by atoms with van der Waals surface area (Å²) >= 11 is 0. The summed E-state index contributed by atoms with van der Waals surface area (Å²) in [7, 11) is 0. The van der Waals surface area contributed by atoms with Gasteiger partial charge in [0.05, 0.1) is 13.2 Å². The molecular formula is C15H22N2O3. The number of carbonyl (C=O) groups excluding carboxylic acids is 2. The zero-order valence-corrected chi connectivity index (χ0v) is 12.1. The Kier molecular flexibility index (Phi) is 6.73. The number of ether oxygens (including phenoxy) is 1. The summed E-state index contributed by atoms with van der Waals surface area (Å²) in [6.07, 6.45) is 0.957. The molecule has 0 saturated heterocycles. The largest absolute Gasteiger partial charge is 0.465 e. The average Bonchev–Trinajstić information content (AvgIpc) is 2.39. The molecule has 0 radical (unpaired) electrons. The van der Waals surface area contributed by atoms with E-state index in [1.165, 1.54) is 0 Å². The second-order valence-corrected chi connectivity index (χ2v) is 4.58. The molecule has 5 nitrogen and oxygen atoms in total. The highest BCUT2D eigenvalue weighted by atomic mass is 16.5. The van der Waals surface area contributed by atoms with Gasteiger partial charge in [0.15, 0.2) is 0 Å². The minimum atomic E-state index is -0.437. The van der Waals surface area contributed by atoms with Crippen molar-refractivity contribution in [3.05, 3.63) is 35.4 Å². The van der Waals surface area contributed by atoms with Crippen molar-refractivity contribution >= 4 is 11.9 Å². The van der Waals surface area contributed by atoms with E-state index >= 15 is 0 Å². The lowest BCUT2D eigenvalue weighted by Gasteiger charge is -2.20. The van der Waals surface area contributed by atoms with Gasteiger partial charge < -0.3 is 10.5 Å². The number of rotatable bonds is 8. The van der Waals surface area contributed by atoms with Crippen molar-refractivity contribution in [2.45, 2.75) is 26.8 Å². The SMILES string of the molecule is CCCN(CC(=O)OCC)Cc1ccc(C(N)=O)cc1. The number of hydrogen-bond acceptors (Lipinski definition) is 4. The molecule has 0 unspecified atom stereocenters. The van der Waals surface area contributed by atoms with Gasteiger partial charge in [-0.1, -0.05) is 19.1 Å². The number of amides is 1. The third kappa shape index (κ3) is 5.40. The van der Waals surface area contributed by atoms with E-state index in [0.717, 1.165) is 18.5 Å². The third-order valence-corrected chi connectivity index (χ3v) is 2.84. The van der Waals surface area contributed by atoms with Crippen LogP contribution in [0.4, 0.5) is 0 Å². The van der Waals surface area contributed by atoms with Gasteiger partial charge in [-0.3, -0.25) is 14.5 Å². The van der Waals surface area contributed by atoms with Gasteiger partial charge in [0.2, 0.25) is 5.91 Å². The van der Waals surface area contributed by atoms with Crippen molar-refractivity contribution in [3.8, 4) is 0 Å². The van der Waals surface area contributed by atoms with Gasteiger partial charge in [-0.25, -0.2) is 0 Å². The smallest absolute Gasteiger partial charge is 0.320 e. The molecule has 0 spiro atoms. The van der Waals surface area contributed by atoms with Crippen molar-refractivity contribution in [1.82, 2.24) is 4.90 Å². The van der Waals surface area contributed by atoms with E-state index in [1.54, 1.807) is 19.1 Å². The number of benzene rings is 1. The first kappa shape index (κ1) is 16.2. The fourth-order valence-corrected chi connectivity index (χ4v) is 1.95. The minimum absolute atomic E-state index is 0.213. The topological polar surface area (TPSA) is 72.6 Å². The normalized spacial score (nSPS) is 10.6. The lowest BCUT2D eigenvalue weighted by atomic mass is 10.1. The van der Waals surface area contributed by atoms with Crippen LogP contribution in [0.5, 0.6) is 0 Å². The fourth-order valence-electron chi connectivity index (χ4n) is 1.95. The molecule has 0 fully saturated rings. The highest BCUT2D eigenvalue weighted by molar-refractivity contribution is 5.92. The Morgan fingerprint density at radius 3 is 2.35 bits per heavy atom. The first-order valence-electron chi connectivity index (χ1n) is 6.83. The number of hydrogen-bond donors (Lipinski definition) is 1. The van der Waals surface area contributed by atoms with Gasteiger partial charge in [0.1, 0.15) is 0 Å². The van der Waals surface area contributed by atoms with E-state index in [9.17, 15) is 9.59 Å². The lowest BCUT2D eigenvalue weighted by molar-refractivity contribution is -0.144. The standard InChI is InChI=1S/C15H22N2O3/c1-3-9-17(11-14(18)20-4-2)10-12-5-7-13(8-6-12)15(16)19/h5-8H,3-4,9-11H2,1-2H3,(H2,16,19). The monoisotopic (exact) mass is 278 g/mol. The molecule has 0 heterocycles. The predicted octanol–water partition coefficient (Wildman–Crippen LogP) is 1.56. The van der Waals surface area contributed by atoms with E-state index in [2.05, 4.69) is 6.92 Å². The summed E-state index contributed by atoms with van der Waals surface area (Å²) in [6, 6.07) is 7.11. The lowest BCUT2D eigenvalue weighted by Crippen LogP contribution is -2.31. The van der Waals surface area contributed by atoms with Crippen molar-refractivity contribution in [2.24, 2.45) is 5.73 Å². The quantitative estimate of drug-likeness (QED) is 0.732. The first-order chi connectivity index (χ1) is 9.56. The van der Waals surface area contributed by atoms with Gasteiger partial charge in [0, 0.05) is 12.1 Å². The number of esters is 1. The molecule has 0 atom stereocenters. The Morgan fingerprint density at radius 2 is 1.85 bits per heavy atom. The van der Waals surface area contributed by atoms with Crippen molar-refractivity contribution in [2.75, 3.05) is 19.7 Å². The summed E-state index contributed by atoms with van der Waals surface area (Å²) in [5, 5.41) is 0. The summed E-state index contributed by atoms with van der Waals surface area (Å²) in [5.74, 6) is -0.650. The molecule has 0 aliphatic rings. The molecule has 1 amide bonds. The molecule has 0 aliphatic carbocycles. The Balaban J connectivity index is 2.64. The van der Waals surface area contributed by atoms with E-state index in [1.807, 2.05) is 17.0 Å². The van der Waals surface area contributed by atoms with Crippen LogP contribution in [0.2, 0.25) is 0 Å². The second-order valence-electron chi connectivity index (χ2n) is 4.58.